The fraction of sp³-hybridized carbons (Fsp3) is 0.579. The molecule has 0 bridgehead atoms. The summed E-state index contributed by atoms with van der Waals surface area (Å²) in [7, 11) is 3.29. The molecular weight excluding hydrogens is 459 g/mol. The summed E-state index contributed by atoms with van der Waals surface area (Å²) in [6.07, 6.45) is 0.735. The van der Waals surface area contributed by atoms with E-state index in [2.05, 4.69) is 20.9 Å². The average molecular weight is 492 g/mol. The van der Waals surface area contributed by atoms with Crippen molar-refractivity contribution in [3.8, 4) is 11.5 Å². The first kappa shape index (κ1) is 25.3. The van der Waals surface area contributed by atoms with Crippen LogP contribution >= 0.6 is 24.0 Å². The number of rotatable bonds is 8. The van der Waals surface area contributed by atoms with Gasteiger partial charge < -0.3 is 25.4 Å². The minimum atomic E-state index is -0.263. The van der Waals surface area contributed by atoms with Crippen molar-refractivity contribution in [1.29, 1.82) is 0 Å². The van der Waals surface area contributed by atoms with E-state index in [0.29, 0.717) is 12.5 Å². The molecule has 0 fully saturated rings. The number of benzene rings is 1. The summed E-state index contributed by atoms with van der Waals surface area (Å²) >= 11 is 0. The molecule has 0 unspecified atom stereocenters. The fourth-order valence-electron chi connectivity index (χ4n) is 2.34. The highest BCUT2D eigenvalue weighted by Gasteiger charge is 2.13. The number of halogens is 1. The predicted molar refractivity (Wildman–Crippen MR) is 121 cm³/mol. The summed E-state index contributed by atoms with van der Waals surface area (Å²) in [5, 5.41) is 9.27. The van der Waals surface area contributed by atoms with Crippen molar-refractivity contribution in [2.45, 2.75) is 39.7 Å². The maximum atomic E-state index is 11.9. The van der Waals surface area contributed by atoms with E-state index < -0.39 is 0 Å². The van der Waals surface area contributed by atoms with Gasteiger partial charge in [-0.15, -0.1) is 24.0 Å². The van der Waals surface area contributed by atoms with Crippen LogP contribution in [0, 0.1) is 0 Å². The zero-order valence-electron chi connectivity index (χ0n) is 17.1. The predicted octanol–water partition coefficient (Wildman–Crippen LogP) is 2.33. The molecule has 3 N–H and O–H groups in total. The van der Waals surface area contributed by atoms with Crippen LogP contribution in [0.2, 0.25) is 0 Å². The molecule has 0 saturated heterocycles. The molecule has 1 aromatic carbocycles. The number of guanidine groups is 1. The third-order valence-corrected chi connectivity index (χ3v) is 3.41. The minimum Gasteiger partial charge on any atom is -0.497 e. The maximum absolute atomic E-state index is 11.9. The zero-order valence-corrected chi connectivity index (χ0v) is 19.5. The van der Waals surface area contributed by atoms with Crippen LogP contribution in [0.3, 0.4) is 0 Å². The molecular formula is C19H33IN4O3. The van der Waals surface area contributed by atoms with E-state index in [1.165, 1.54) is 0 Å². The van der Waals surface area contributed by atoms with Crippen LogP contribution in [0.5, 0.6) is 11.5 Å². The highest BCUT2D eigenvalue weighted by atomic mass is 127. The molecule has 7 nitrogen and oxygen atoms in total. The topological polar surface area (TPSA) is 84.0 Å². The first-order valence-corrected chi connectivity index (χ1v) is 8.83. The summed E-state index contributed by atoms with van der Waals surface area (Å²) in [6, 6.07) is 5.72. The average Bonchev–Trinajstić information content (AvgIpc) is 2.58. The van der Waals surface area contributed by atoms with Gasteiger partial charge in [0.2, 0.25) is 5.91 Å². The number of carbonyl (C=O) groups is 1. The lowest BCUT2D eigenvalue weighted by atomic mass is 10.1. The van der Waals surface area contributed by atoms with E-state index in [1.54, 1.807) is 14.2 Å². The lowest BCUT2D eigenvalue weighted by Crippen LogP contribution is -2.43. The van der Waals surface area contributed by atoms with Crippen LogP contribution in [-0.4, -0.2) is 51.3 Å². The summed E-state index contributed by atoms with van der Waals surface area (Å²) in [5.41, 5.74) is 0.780. The van der Waals surface area contributed by atoms with Crippen molar-refractivity contribution in [1.82, 2.24) is 16.0 Å². The Labute approximate surface area is 179 Å². The van der Waals surface area contributed by atoms with Crippen molar-refractivity contribution >= 4 is 35.8 Å². The molecule has 8 heteroatoms. The Morgan fingerprint density at radius 1 is 1.15 bits per heavy atom. The van der Waals surface area contributed by atoms with Gasteiger partial charge in [-0.3, -0.25) is 4.79 Å². The molecule has 1 rings (SSSR count). The van der Waals surface area contributed by atoms with Crippen LogP contribution in [0.4, 0.5) is 0 Å². The molecule has 0 aliphatic heterocycles. The summed E-state index contributed by atoms with van der Waals surface area (Å²) in [6.45, 7) is 9.26. The third-order valence-electron chi connectivity index (χ3n) is 3.41. The van der Waals surface area contributed by atoms with Crippen molar-refractivity contribution < 1.29 is 14.3 Å². The van der Waals surface area contributed by atoms with Crippen molar-refractivity contribution in [2.75, 3.05) is 33.9 Å². The van der Waals surface area contributed by atoms with E-state index in [4.69, 9.17) is 9.47 Å². The van der Waals surface area contributed by atoms with Crippen molar-refractivity contribution in [2.24, 2.45) is 4.99 Å². The number of amides is 1. The van der Waals surface area contributed by atoms with E-state index in [0.717, 1.165) is 30.0 Å². The van der Waals surface area contributed by atoms with E-state index in [-0.39, 0.29) is 42.0 Å². The van der Waals surface area contributed by atoms with Crippen LogP contribution in [0.15, 0.2) is 23.2 Å². The molecule has 27 heavy (non-hydrogen) atoms. The van der Waals surface area contributed by atoms with Crippen molar-refractivity contribution in [3.05, 3.63) is 23.8 Å². The lowest BCUT2D eigenvalue weighted by molar-refractivity contribution is -0.121. The molecule has 0 spiro atoms. The molecule has 0 heterocycles. The molecule has 0 atom stereocenters. The number of aliphatic imine (C=N–C) groups is 1. The van der Waals surface area contributed by atoms with Gasteiger partial charge in [0.25, 0.3) is 0 Å². The van der Waals surface area contributed by atoms with Gasteiger partial charge in [-0.1, -0.05) is 0 Å². The first-order chi connectivity index (χ1) is 12.3. The summed E-state index contributed by atoms with van der Waals surface area (Å²) in [4.78, 5) is 16.2. The highest BCUT2D eigenvalue weighted by Crippen LogP contribution is 2.24. The number of carbonyl (C=O) groups excluding carboxylic acids is 1. The van der Waals surface area contributed by atoms with Gasteiger partial charge >= 0.3 is 0 Å². The van der Waals surface area contributed by atoms with Gasteiger partial charge in [-0.2, -0.15) is 0 Å². The van der Waals surface area contributed by atoms with Crippen molar-refractivity contribution in [3.63, 3.8) is 0 Å². The smallest absolute Gasteiger partial charge is 0.242 e. The molecule has 1 amide bonds. The molecule has 0 aliphatic rings. The number of hydrogen-bond donors (Lipinski definition) is 3. The lowest BCUT2D eigenvalue weighted by Gasteiger charge is -2.20. The van der Waals surface area contributed by atoms with Gasteiger partial charge in [0.1, 0.15) is 18.0 Å². The van der Waals surface area contributed by atoms with Gasteiger partial charge in [-0.25, -0.2) is 4.99 Å². The standard InChI is InChI=1S/C19H32N4O3.HI/c1-7-20-18(22-13-17(24)23-19(2,3)4)21-11-10-14-12-15(25-5)8-9-16(14)26-6;/h8-9,12H,7,10-11,13H2,1-6H3,(H,23,24)(H2,20,21,22);1H. The monoisotopic (exact) mass is 492 g/mol. The molecule has 0 radical (unpaired) electrons. The number of hydrogen-bond acceptors (Lipinski definition) is 4. The van der Waals surface area contributed by atoms with Crippen LogP contribution in [0.1, 0.15) is 33.3 Å². The molecule has 154 valence electrons. The second-order valence-electron chi connectivity index (χ2n) is 6.85. The summed E-state index contributed by atoms with van der Waals surface area (Å²) in [5.74, 6) is 2.11. The Morgan fingerprint density at radius 3 is 2.41 bits per heavy atom. The normalized spacial score (nSPS) is 11.3. The summed E-state index contributed by atoms with van der Waals surface area (Å²) < 4.78 is 10.7. The van der Waals surface area contributed by atoms with Crippen LogP contribution < -0.4 is 25.4 Å². The Hall–Kier alpha value is -1.71. The van der Waals surface area contributed by atoms with E-state index in [1.807, 2.05) is 45.9 Å². The largest absolute Gasteiger partial charge is 0.497 e. The Bertz CT molecular complexity index is 615. The van der Waals surface area contributed by atoms with Gasteiger partial charge in [0.05, 0.1) is 14.2 Å². The Kier molecular flexibility index (Phi) is 11.8. The number of methoxy groups -OCH3 is 2. The molecule has 0 saturated carbocycles. The number of nitrogens with zero attached hydrogens (tertiary/aromatic N) is 1. The molecule has 0 aliphatic carbocycles. The second-order valence-corrected chi connectivity index (χ2v) is 6.85. The van der Waals surface area contributed by atoms with Crippen LogP contribution in [-0.2, 0) is 11.2 Å². The van der Waals surface area contributed by atoms with E-state index >= 15 is 0 Å². The maximum Gasteiger partial charge on any atom is 0.242 e. The first-order valence-electron chi connectivity index (χ1n) is 8.83. The van der Waals surface area contributed by atoms with Gasteiger partial charge in [-0.05, 0) is 57.9 Å². The highest BCUT2D eigenvalue weighted by molar-refractivity contribution is 14.0. The quantitative estimate of drug-likeness (QED) is 0.295. The van der Waals surface area contributed by atoms with Gasteiger partial charge in [0, 0.05) is 18.6 Å². The number of nitrogens with one attached hydrogen (secondary N) is 3. The molecule has 1 aromatic rings. The zero-order chi connectivity index (χ0) is 19.6. The fourth-order valence-corrected chi connectivity index (χ4v) is 2.34. The van der Waals surface area contributed by atoms with Crippen LogP contribution in [0.25, 0.3) is 0 Å². The third kappa shape index (κ3) is 10.3. The Morgan fingerprint density at radius 2 is 1.85 bits per heavy atom. The SMILES string of the molecule is CCNC(=NCC(=O)NC(C)(C)C)NCCc1cc(OC)ccc1OC.I. The van der Waals surface area contributed by atoms with E-state index in [9.17, 15) is 4.79 Å². The Balaban J connectivity index is 0.00000676. The minimum absolute atomic E-state index is 0. The number of ether oxygens (including phenoxy) is 2. The second kappa shape index (κ2) is 12.6. The molecule has 0 aromatic heterocycles. The van der Waals surface area contributed by atoms with Gasteiger partial charge in [0.15, 0.2) is 5.96 Å².